The molecule has 0 saturated heterocycles. The van der Waals surface area contributed by atoms with E-state index in [9.17, 15) is 15.0 Å². The highest BCUT2D eigenvalue weighted by atomic mass is 16.4. The summed E-state index contributed by atoms with van der Waals surface area (Å²) >= 11 is 0. The predicted octanol–water partition coefficient (Wildman–Crippen LogP) is 0.842. The van der Waals surface area contributed by atoms with Crippen LogP contribution in [0.4, 0.5) is 0 Å². The topological polar surface area (TPSA) is 104 Å². The second-order valence-electron chi connectivity index (χ2n) is 3.73. The molecule has 88 valence electrons. The Morgan fingerprint density at radius 3 is 2.38 bits per heavy atom. The zero-order valence-electron chi connectivity index (χ0n) is 9.19. The molecular weight excluding hydrogens is 210 g/mol. The first-order chi connectivity index (χ1) is 7.40. The molecule has 5 nitrogen and oxygen atoms in total. The van der Waals surface area contributed by atoms with Gasteiger partial charge in [-0.3, -0.25) is 4.79 Å². The lowest BCUT2D eigenvalue weighted by molar-refractivity contribution is -0.138. The fourth-order valence-electron chi connectivity index (χ4n) is 1.54. The number of carbonyl (C=O) groups is 1. The molecule has 0 saturated carbocycles. The number of phenolic OH excluding ortho intramolecular Hbond substituents is 2. The number of hydrogen-bond donors (Lipinski definition) is 4. The van der Waals surface area contributed by atoms with Gasteiger partial charge in [0.05, 0.1) is 5.92 Å². The lowest BCUT2D eigenvalue weighted by atomic mass is 9.94. The summed E-state index contributed by atoms with van der Waals surface area (Å²) in [5, 5.41) is 28.2. The normalized spacial score (nSPS) is 12.4. The van der Waals surface area contributed by atoms with Crippen molar-refractivity contribution in [3.63, 3.8) is 0 Å². The number of rotatable bonds is 3. The number of aromatic hydroxyl groups is 2. The van der Waals surface area contributed by atoms with Crippen molar-refractivity contribution in [3.8, 4) is 11.5 Å². The van der Waals surface area contributed by atoms with Gasteiger partial charge in [0.15, 0.2) is 11.5 Å². The Labute approximate surface area is 93.1 Å². The molecule has 5 N–H and O–H groups in total. The molecule has 0 spiro atoms. The average Bonchev–Trinajstić information content (AvgIpc) is 2.23. The second kappa shape index (κ2) is 4.40. The van der Waals surface area contributed by atoms with Gasteiger partial charge >= 0.3 is 5.97 Å². The van der Waals surface area contributed by atoms with E-state index in [0.717, 1.165) is 0 Å². The van der Waals surface area contributed by atoms with E-state index in [2.05, 4.69) is 0 Å². The number of nitrogens with two attached hydrogens (primary N) is 1. The molecule has 0 heterocycles. The summed E-state index contributed by atoms with van der Waals surface area (Å²) in [6, 6.07) is 1.54. The van der Waals surface area contributed by atoms with Crippen LogP contribution in [0.1, 0.15) is 22.6 Å². The van der Waals surface area contributed by atoms with Gasteiger partial charge in [0.25, 0.3) is 0 Å². The summed E-state index contributed by atoms with van der Waals surface area (Å²) in [5.41, 5.74) is 6.73. The molecule has 0 aliphatic rings. The summed E-state index contributed by atoms with van der Waals surface area (Å²) in [6.07, 6.45) is 0. The van der Waals surface area contributed by atoms with Crippen molar-refractivity contribution < 1.29 is 20.1 Å². The molecule has 1 aromatic carbocycles. The Balaban J connectivity index is 3.39. The van der Waals surface area contributed by atoms with Crippen molar-refractivity contribution in [2.75, 3.05) is 6.54 Å². The first-order valence-corrected chi connectivity index (χ1v) is 4.85. The first-order valence-electron chi connectivity index (χ1n) is 4.85. The Hall–Kier alpha value is -1.75. The zero-order valence-corrected chi connectivity index (χ0v) is 9.19. The van der Waals surface area contributed by atoms with Crippen molar-refractivity contribution in [2.24, 2.45) is 5.73 Å². The minimum Gasteiger partial charge on any atom is -0.504 e. The maximum Gasteiger partial charge on any atom is 0.312 e. The molecule has 1 aromatic rings. The number of carboxylic acid groups (broad SMARTS) is 1. The molecule has 0 radical (unpaired) electrons. The minimum absolute atomic E-state index is 0.134. The predicted molar refractivity (Wildman–Crippen MR) is 58.7 cm³/mol. The van der Waals surface area contributed by atoms with E-state index in [4.69, 9.17) is 10.8 Å². The molecule has 0 aliphatic heterocycles. The quantitative estimate of drug-likeness (QED) is 0.571. The average molecular weight is 225 g/mol. The van der Waals surface area contributed by atoms with Crippen LogP contribution in [0.2, 0.25) is 0 Å². The van der Waals surface area contributed by atoms with Crippen LogP contribution in [0, 0.1) is 13.8 Å². The van der Waals surface area contributed by atoms with Gasteiger partial charge in [-0.1, -0.05) is 6.07 Å². The number of aryl methyl sites for hydroxylation is 1. The molecule has 1 rings (SSSR count). The van der Waals surface area contributed by atoms with Gasteiger partial charge in [-0.2, -0.15) is 0 Å². The van der Waals surface area contributed by atoms with Crippen molar-refractivity contribution in [2.45, 2.75) is 19.8 Å². The number of carboxylic acids is 1. The van der Waals surface area contributed by atoms with E-state index in [0.29, 0.717) is 11.1 Å². The van der Waals surface area contributed by atoms with Crippen LogP contribution >= 0.6 is 0 Å². The molecule has 0 amide bonds. The van der Waals surface area contributed by atoms with E-state index in [1.807, 2.05) is 0 Å². The van der Waals surface area contributed by atoms with Gasteiger partial charge in [-0.15, -0.1) is 0 Å². The summed E-state index contributed by atoms with van der Waals surface area (Å²) in [4.78, 5) is 10.9. The maximum absolute atomic E-state index is 10.9. The monoisotopic (exact) mass is 225 g/mol. The first kappa shape index (κ1) is 12.3. The molecule has 0 fully saturated rings. The van der Waals surface area contributed by atoms with Crippen LogP contribution < -0.4 is 5.73 Å². The van der Waals surface area contributed by atoms with Crippen LogP contribution in [0.5, 0.6) is 11.5 Å². The molecular formula is C11H15NO4. The Morgan fingerprint density at radius 1 is 1.38 bits per heavy atom. The third kappa shape index (κ3) is 1.94. The molecule has 1 unspecified atom stereocenters. The summed E-state index contributed by atoms with van der Waals surface area (Å²) in [5.74, 6) is -2.82. The smallest absolute Gasteiger partial charge is 0.312 e. The lowest BCUT2D eigenvalue weighted by Gasteiger charge is -2.15. The molecule has 0 aliphatic carbocycles. The van der Waals surface area contributed by atoms with Crippen molar-refractivity contribution in [1.29, 1.82) is 0 Å². The van der Waals surface area contributed by atoms with Crippen molar-refractivity contribution in [3.05, 3.63) is 22.8 Å². The van der Waals surface area contributed by atoms with E-state index in [1.54, 1.807) is 13.8 Å². The summed E-state index contributed by atoms with van der Waals surface area (Å²) < 4.78 is 0. The Bertz CT molecular complexity index is 428. The van der Waals surface area contributed by atoms with Gasteiger partial charge in [-0.05, 0) is 25.0 Å². The number of benzene rings is 1. The van der Waals surface area contributed by atoms with Crippen LogP contribution in [0.25, 0.3) is 0 Å². The highest BCUT2D eigenvalue weighted by Gasteiger charge is 2.24. The largest absolute Gasteiger partial charge is 0.504 e. The van der Waals surface area contributed by atoms with E-state index >= 15 is 0 Å². The van der Waals surface area contributed by atoms with Gasteiger partial charge in [0.2, 0.25) is 0 Å². The molecule has 16 heavy (non-hydrogen) atoms. The second-order valence-corrected chi connectivity index (χ2v) is 3.73. The van der Waals surface area contributed by atoms with E-state index in [1.165, 1.54) is 6.07 Å². The lowest BCUT2D eigenvalue weighted by Crippen LogP contribution is -2.21. The molecule has 1 atom stereocenters. The summed E-state index contributed by atoms with van der Waals surface area (Å²) in [7, 11) is 0. The fourth-order valence-corrected chi connectivity index (χ4v) is 1.54. The van der Waals surface area contributed by atoms with E-state index in [-0.39, 0.29) is 17.9 Å². The van der Waals surface area contributed by atoms with Gasteiger partial charge in [-0.25, -0.2) is 0 Å². The van der Waals surface area contributed by atoms with Gasteiger partial charge in [0, 0.05) is 12.1 Å². The standard InChI is InChI=1S/C11H15NO4/c1-5-3-7(8(4-12)11(15)16)10(14)9(13)6(5)2/h3,8,13-14H,4,12H2,1-2H3,(H,15,16). The maximum atomic E-state index is 10.9. The van der Waals surface area contributed by atoms with Crippen molar-refractivity contribution >= 4 is 5.97 Å². The molecule has 0 aromatic heterocycles. The molecule has 5 heteroatoms. The van der Waals surface area contributed by atoms with Crippen LogP contribution in [0.3, 0.4) is 0 Å². The third-order valence-corrected chi connectivity index (χ3v) is 2.73. The third-order valence-electron chi connectivity index (χ3n) is 2.73. The zero-order chi connectivity index (χ0) is 12.5. The van der Waals surface area contributed by atoms with Crippen LogP contribution in [0.15, 0.2) is 6.07 Å². The Morgan fingerprint density at radius 2 is 1.94 bits per heavy atom. The van der Waals surface area contributed by atoms with Gasteiger partial charge in [0.1, 0.15) is 0 Å². The van der Waals surface area contributed by atoms with Crippen molar-refractivity contribution in [1.82, 2.24) is 0 Å². The SMILES string of the molecule is Cc1cc(C(CN)C(=O)O)c(O)c(O)c1C. The minimum atomic E-state index is -1.12. The Kier molecular flexibility index (Phi) is 3.39. The number of hydrogen-bond acceptors (Lipinski definition) is 4. The number of aliphatic carboxylic acids is 1. The fraction of sp³-hybridized carbons (Fsp3) is 0.364. The highest BCUT2D eigenvalue weighted by molar-refractivity contribution is 5.78. The highest BCUT2D eigenvalue weighted by Crippen LogP contribution is 2.38. The van der Waals surface area contributed by atoms with Crippen LogP contribution in [-0.4, -0.2) is 27.8 Å². The van der Waals surface area contributed by atoms with Crippen LogP contribution in [-0.2, 0) is 4.79 Å². The number of phenols is 2. The summed E-state index contributed by atoms with van der Waals surface area (Å²) in [6.45, 7) is 3.24. The van der Waals surface area contributed by atoms with E-state index < -0.39 is 17.6 Å². The van der Waals surface area contributed by atoms with Gasteiger partial charge < -0.3 is 21.1 Å². The molecule has 0 bridgehead atoms.